The predicted molar refractivity (Wildman–Crippen MR) is 115 cm³/mol. The number of hydrogen-bond acceptors (Lipinski definition) is 4. The van der Waals surface area contributed by atoms with E-state index in [-0.39, 0.29) is 11.5 Å². The van der Waals surface area contributed by atoms with Crippen LogP contribution in [0.15, 0.2) is 34.4 Å². The van der Waals surface area contributed by atoms with Crippen molar-refractivity contribution < 1.29 is 9.53 Å². The molecular weight excluding hydrogens is 404 g/mol. The van der Waals surface area contributed by atoms with Crippen LogP contribution in [0.5, 0.6) is 0 Å². The highest BCUT2D eigenvalue weighted by Gasteiger charge is 2.30. The minimum absolute atomic E-state index is 0.231. The summed E-state index contributed by atoms with van der Waals surface area (Å²) in [5.74, 6) is 0.276. The summed E-state index contributed by atoms with van der Waals surface area (Å²) in [6.07, 6.45) is 2.34. The number of piperidine rings is 1. The minimum Gasteiger partial charge on any atom is -0.465 e. The van der Waals surface area contributed by atoms with E-state index in [1.54, 1.807) is 0 Å². The van der Waals surface area contributed by atoms with Gasteiger partial charge in [0.25, 0.3) is 0 Å². The number of carbonyl (C=O) groups excluding carboxylic acids is 1. The third kappa shape index (κ3) is 5.58. The smallest absolute Gasteiger partial charge is 0.340 e. The Morgan fingerprint density at radius 1 is 1.26 bits per heavy atom. The monoisotopic (exact) mass is 436 g/mol. The number of hydrogen-bond donors (Lipinski definition) is 1. The van der Waals surface area contributed by atoms with Gasteiger partial charge in [-0.3, -0.25) is 4.90 Å². The van der Waals surface area contributed by atoms with Crippen LogP contribution in [-0.4, -0.2) is 42.6 Å². The number of likely N-dealkylation sites (tertiary alicyclic amines) is 1. The molecule has 1 saturated heterocycles. The molecule has 27 heavy (non-hydrogen) atoms. The molecule has 1 aliphatic rings. The van der Waals surface area contributed by atoms with Gasteiger partial charge in [-0.1, -0.05) is 34.1 Å². The van der Waals surface area contributed by atoms with E-state index in [2.05, 4.69) is 53.8 Å². The van der Waals surface area contributed by atoms with Gasteiger partial charge in [0, 0.05) is 27.3 Å². The average molecular weight is 437 g/mol. The molecule has 0 aliphatic carbocycles. The molecule has 0 amide bonds. The maximum atomic E-state index is 12.5. The molecule has 150 valence electrons. The maximum absolute atomic E-state index is 12.5. The number of benzene rings is 1. The molecule has 0 aromatic heterocycles. The molecule has 1 aromatic carbocycles. The number of carbonyl (C=O) groups is 1. The number of nitrogens with zero attached hydrogens (tertiary/aromatic N) is 1. The van der Waals surface area contributed by atoms with Gasteiger partial charge in [-0.05, 0) is 72.5 Å². The van der Waals surface area contributed by atoms with E-state index in [4.69, 9.17) is 4.74 Å². The first-order valence-corrected chi connectivity index (χ1v) is 10.5. The summed E-state index contributed by atoms with van der Waals surface area (Å²) in [7, 11) is 1.43. The first-order valence-electron chi connectivity index (χ1n) is 9.70. The molecule has 1 aromatic rings. The predicted octanol–water partition coefficient (Wildman–Crippen LogP) is 4.84. The van der Waals surface area contributed by atoms with E-state index in [9.17, 15) is 4.79 Å². The number of ether oxygens (including phenoxy) is 1. The zero-order valence-electron chi connectivity index (χ0n) is 17.4. The average Bonchev–Trinajstić information content (AvgIpc) is 2.62. The number of esters is 1. The largest absolute Gasteiger partial charge is 0.465 e. The summed E-state index contributed by atoms with van der Waals surface area (Å²) in [4.78, 5) is 15.0. The fourth-order valence-electron chi connectivity index (χ4n) is 3.83. The van der Waals surface area contributed by atoms with Crippen molar-refractivity contribution in [3.05, 3.63) is 40.0 Å². The molecule has 2 rings (SSSR count). The highest BCUT2D eigenvalue weighted by molar-refractivity contribution is 9.10. The molecule has 0 spiro atoms. The quantitative estimate of drug-likeness (QED) is 0.529. The van der Waals surface area contributed by atoms with E-state index >= 15 is 0 Å². The van der Waals surface area contributed by atoms with Gasteiger partial charge in [0.2, 0.25) is 0 Å². The second-order valence-corrected chi connectivity index (χ2v) is 9.25. The van der Waals surface area contributed by atoms with Crippen molar-refractivity contribution in [2.45, 2.75) is 59.0 Å². The summed E-state index contributed by atoms with van der Waals surface area (Å²) in [6.45, 7) is 13.3. The summed E-state index contributed by atoms with van der Waals surface area (Å²) in [5, 5.41) is 3.58. The van der Waals surface area contributed by atoms with Crippen LogP contribution in [0.2, 0.25) is 0 Å². The fourth-order valence-corrected chi connectivity index (χ4v) is 4.32. The van der Waals surface area contributed by atoms with E-state index in [1.807, 2.05) is 31.2 Å². The van der Waals surface area contributed by atoms with Crippen LogP contribution in [0, 0.1) is 5.92 Å². The second kappa shape index (κ2) is 9.24. The van der Waals surface area contributed by atoms with E-state index in [1.165, 1.54) is 20.0 Å². The molecule has 1 fully saturated rings. The van der Waals surface area contributed by atoms with Crippen LogP contribution in [-0.2, 0) is 9.53 Å². The van der Waals surface area contributed by atoms with Crippen LogP contribution in [0.1, 0.15) is 53.0 Å². The van der Waals surface area contributed by atoms with Crippen LogP contribution >= 0.6 is 15.9 Å². The van der Waals surface area contributed by atoms with Gasteiger partial charge in [-0.2, -0.15) is 0 Å². The summed E-state index contributed by atoms with van der Waals surface area (Å²) in [6, 6.07) is 8.05. The Morgan fingerprint density at radius 2 is 1.85 bits per heavy atom. The SMILES string of the molecule is COC(=O)C(=C(C)NC(C)C1CCN(C(C)(C)C)CC1)c1ccccc1Br. The molecule has 1 unspecified atom stereocenters. The standard InChI is InChI=1S/C22H33BrN2O2/c1-15(17-11-13-25(14-12-17)22(3,4)5)24-16(2)20(21(26)27-6)18-9-7-8-10-19(18)23/h7-10,15,17,24H,11-14H2,1-6H3. The van der Waals surface area contributed by atoms with Crippen molar-refractivity contribution >= 4 is 27.5 Å². The van der Waals surface area contributed by atoms with Gasteiger partial charge in [-0.25, -0.2) is 4.79 Å². The van der Waals surface area contributed by atoms with Gasteiger partial charge < -0.3 is 10.1 Å². The van der Waals surface area contributed by atoms with Crippen LogP contribution in [0.4, 0.5) is 0 Å². The van der Waals surface area contributed by atoms with Crippen LogP contribution < -0.4 is 5.32 Å². The summed E-state index contributed by atoms with van der Waals surface area (Å²) < 4.78 is 5.94. The first-order chi connectivity index (χ1) is 12.6. The van der Waals surface area contributed by atoms with Crippen molar-refractivity contribution in [1.82, 2.24) is 10.2 Å². The number of halogens is 1. The first kappa shape index (κ1) is 22.0. The molecule has 1 heterocycles. The second-order valence-electron chi connectivity index (χ2n) is 8.40. The lowest BCUT2D eigenvalue weighted by Gasteiger charge is -2.42. The van der Waals surface area contributed by atoms with Gasteiger partial charge in [-0.15, -0.1) is 0 Å². The molecule has 0 bridgehead atoms. The molecule has 1 atom stereocenters. The van der Waals surface area contributed by atoms with E-state index in [0.717, 1.165) is 28.8 Å². The molecule has 0 saturated carbocycles. The van der Waals surface area contributed by atoms with Gasteiger partial charge in [0.05, 0.1) is 12.7 Å². The third-order valence-electron chi connectivity index (χ3n) is 5.55. The number of rotatable bonds is 5. The Morgan fingerprint density at radius 3 is 2.37 bits per heavy atom. The summed E-state index contributed by atoms with van der Waals surface area (Å²) in [5.41, 5.74) is 2.53. The molecule has 4 nitrogen and oxygen atoms in total. The van der Waals surface area contributed by atoms with E-state index < -0.39 is 0 Å². The highest BCUT2D eigenvalue weighted by Crippen LogP contribution is 2.29. The molecule has 5 heteroatoms. The molecule has 1 aliphatic heterocycles. The lowest BCUT2D eigenvalue weighted by molar-refractivity contribution is -0.133. The Bertz CT molecular complexity index is 686. The van der Waals surface area contributed by atoms with Crippen molar-refractivity contribution in [2.75, 3.05) is 20.2 Å². The number of allylic oxidation sites excluding steroid dienone is 1. The van der Waals surface area contributed by atoms with Crippen molar-refractivity contribution in [3.8, 4) is 0 Å². The van der Waals surface area contributed by atoms with Crippen LogP contribution in [0.3, 0.4) is 0 Å². The minimum atomic E-state index is -0.318. The fraction of sp³-hybridized carbons (Fsp3) is 0.591. The van der Waals surface area contributed by atoms with Gasteiger partial charge >= 0.3 is 5.97 Å². The van der Waals surface area contributed by atoms with Crippen molar-refractivity contribution in [3.63, 3.8) is 0 Å². The Hall–Kier alpha value is -1.33. The lowest BCUT2D eigenvalue weighted by atomic mass is 9.88. The lowest BCUT2D eigenvalue weighted by Crippen LogP contribution is -2.48. The third-order valence-corrected chi connectivity index (χ3v) is 6.24. The Labute approximate surface area is 172 Å². The van der Waals surface area contributed by atoms with Crippen molar-refractivity contribution in [1.29, 1.82) is 0 Å². The summed E-state index contributed by atoms with van der Waals surface area (Å²) >= 11 is 3.56. The number of methoxy groups -OCH3 is 1. The molecule has 0 radical (unpaired) electrons. The zero-order valence-corrected chi connectivity index (χ0v) is 19.0. The Balaban J connectivity index is 2.15. The highest BCUT2D eigenvalue weighted by atomic mass is 79.9. The number of nitrogens with one attached hydrogen (secondary N) is 1. The molecular formula is C22H33BrN2O2. The topological polar surface area (TPSA) is 41.6 Å². The van der Waals surface area contributed by atoms with E-state index in [0.29, 0.717) is 17.5 Å². The molecule has 1 N–H and O–H groups in total. The normalized spacial score (nSPS) is 18.6. The van der Waals surface area contributed by atoms with Gasteiger partial charge in [0.15, 0.2) is 0 Å². The van der Waals surface area contributed by atoms with Gasteiger partial charge in [0.1, 0.15) is 0 Å². The zero-order chi connectivity index (χ0) is 20.2. The van der Waals surface area contributed by atoms with Crippen molar-refractivity contribution in [2.24, 2.45) is 5.92 Å². The van der Waals surface area contributed by atoms with Crippen LogP contribution in [0.25, 0.3) is 5.57 Å². The maximum Gasteiger partial charge on any atom is 0.340 e. The Kier molecular flexibility index (Phi) is 7.52.